The van der Waals surface area contributed by atoms with Crippen molar-refractivity contribution >= 4 is 5.96 Å². The van der Waals surface area contributed by atoms with Gasteiger partial charge in [-0.25, -0.2) is 9.36 Å². The van der Waals surface area contributed by atoms with E-state index in [0.717, 1.165) is 22.3 Å². The first-order valence-electron chi connectivity index (χ1n) is 7.61. The highest BCUT2D eigenvalue weighted by Crippen LogP contribution is 2.19. The van der Waals surface area contributed by atoms with Crippen molar-refractivity contribution in [1.29, 1.82) is 5.41 Å². The summed E-state index contributed by atoms with van der Waals surface area (Å²) in [6.45, 7) is 0. The third kappa shape index (κ3) is 2.63. The Balaban J connectivity index is 1.61. The van der Waals surface area contributed by atoms with Gasteiger partial charge in [-0.3, -0.25) is 5.41 Å². The molecule has 0 bridgehead atoms. The molecule has 2 aromatic heterocycles. The van der Waals surface area contributed by atoms with E-state index in [-0.39, 0.29) is 5.96 Å². The standard InChI is InChI=1S/C19H15N5/c20-19(23-13-17(11-21-23)15-7-3-1-4-8-15)24-14-18(12-22-24)16-9-5-2-6-10-16/h1-14,20H. The summed E-state index contributed by atoms with van der Waals surface area (Å²) in [6.07, 6.45) is 7.18. The van der Waals surface area contributed by atoms with Crippen LogP contribution in [0.4, 0.5) is 0 Å². The van der Waals surface area contributed by atoms with Gasteiger partial charge in [0.2, 0.25) is 5.96 Å². The maximum atomic E-state index is 8.32. The maximum absolute atomic E-state index is 8.32. The largest absolute Gasteiger partial charge is 0.265 e. The Morgan fingerprint density at radius 3 is 1.46 bits per heavy atom. The van der Waals surface area contributed by atoms with Crippen LogP contribution in [0, 0.1) is 5.41 Å². The summed E-state index contributed by atoms with van der Waals surface area (Å²) in [4.78, 5) is 0. The molecule has 2 aromatic carbocycles. The lowest BCUT2D eigenvalue weighted by molar-refractivity contribution is 0.807. The zero-order valence-electron chi connectivity index (χ0n) is 12.9. The highest BCUT2D eigenvalue weighted by atomic mass is 15.4. The van der Waals surface area contributed by atoms with Crippen molar-refractivity contribution in [3.63, 3.8) is 0 Å². The Kier molecular flexibility index (Phi) is 3.51. The molecule has 5 nitrogen and oxygen atoms in total. The van der Waals surface area contributed by atoms with E-state index in [1.807, 2.05) is 73.1 Å². The van der Waals surface area contributed by atoms with Crippen molar-refractivity contribution in [2.45, 2.75) is 0 Å². The predicted octanol–water partition coefficient (Wildman–Crippen LogP) is 3.74. The van der Waals surface area contributed by atoms with Crippen molar-refractivity contribution < 1.29 is 0 Å². The summed E-state index contributed by atoms with van der Waals surface area (Å²) in [5.41, 5.74) is 4.08. The van der Waals surface area contributed by atoms with Crippen molar-refractivity contribution in [2.24, 2.45) is 0 Å². The Morgan fingerprint density at radius 1 is 0.625 bits per heavy atom. The molecule has 0 spiro atoms. The van der Waals surface area contributed by atoms with E-state index in [4.69, 9.17) is 5.41 Å². The molecule has 2 heterocycles. The Morgan fingerprint density at radius 2 is 1.04 bits per heavy atom. The van der Waals surface area contributed by atoms with Crippen LogP contribution in [0.1, 0.15) is 0 Å². The lowest BCUT2D eigenvalue weighted by atomic mass is 10.1. The molecule has 0 fully saturated rings. The van der Waals surface area contributed by atoms with Gasteiger partial charge in [0.25, 0.3) is 0 Å². The quantitative estimate of drug-likeness (QED) is 0.452. The Bertz CT molecular complexity index is 887. The van der Waals surface area contributed by atoms with Gasteiger partial charge in [0.05, 0.1) is 12.4 Å². The molecule has 0 radical (unpaired) electrons. The Labute approximate surface area is 139 Å². The summed E-state index contributed by atoms with van der Waals surface area (Å²) in [6, 6.07) is 20.0. The first-order chi connectivity index (χ1) is 11.8. The first kappa shape index (κ1) is 14.1. The van der Waals surface area contributed by atoms with Crippen LogP contribution in [0.3, 0.4) is 0 Å². The molecular formula is C19H15N5. The highest BCUT2D eigenvalue weighted by molar-refractivity contribution is 5.82. The predicted molar refractivity (Wildman–Crippen MR) is 93.8 cm³/mol. The highest BCUT2D eigenvalue weighted by Gasteiger charge is 2.09. The van der Waals surface area contributed by atoms with Crippen LogP contribution in [0.5, 0.6) is 0 Å². The average Bonchev–Trinajstić information content (AvgIpc) is 3.33. The van der Waals surface area contributed by atoms with Gasteiger partial charge in [0.15, 0.2) is 0 Å². The zero-order chi connectivity index (χ0) is 16.4. The lowest BCUT2D eigenvalue weighted by Gasteiger charge is -2.02. The molecule has 4 aromatic rings. The van der Waals surface area contributed by atoms with E-state index in [1.54, 1.807) is 12.4 Å². The molecule has 0 aliphatic heterocycles. The first-order valence-corrected chi connectivity index (χ1v) is 7.61. The minimum absolute atomic E-state index is 0.180. The molecule has 0 aliphatic rings. The Hall–Kier alpha value is -3.47. The molecule has 5 heteroatoms. The second-order valence-electron chi connectivity index (χ2n) is 5.40. The third-order valence-corrected chi connectivity index (χ3v) is 3.81. The molecule has 1 N–H and O–H groups in total. The van der Waals surface area contributed by atoms with Crippen LogP contribution in [-0.2, 0) is 0 Å². The second kappa shape index (κ2) is 5.96. The summed E-state index contributed by atoms with van der Waals surface area (Å²) in [5.74, 6) is 0.180. The molecule has 0 atom stereocenters. The van der Waals surface area contributed by atoms with Crippen molar-refractivity contribution in [3.05, 3.63) is 85.5 Å². The van der Waals surface area contributed by atoms with Gasteiger partial charge in [-0.2, -0.15) is 10.2 Å². The number of rotatable bonds is 2. The zero-order valence-corrected chi connectivity index (χ0v) is 12.9. The van der Waals surface area contributed by atoms with E-state index in [1.165, 1.54) is 9.36 Å². The van der Waals surface area contributed by atoms with Crippen LogP contribution in [0.25, 0.3) is 22.3 Å². The topological polar surface area (TPSA) is 59.5 Å². The van der Waals surface area contributed by atoms with Crippen LogP contribution >= 0.6 is 0 Å². The van der Waals surface area contributed by atoms with Gasteiger partial charge in [-0.1, -0.05) is 60.7 Å². The fourth-order valence-electron chi connectivity index (χ4n) is 2.54. The van der Waals surface area contributed by atoms with E-state index >= 15 is 0 Å². The van der Waals surface area contributed by atoms with E-state index in [0.29, 0.717) is 0 Å². The van der Waals surface area contributed by atoms with Crippen LogP contribution in [0.15, 0.2) is 85.5 Å². The summed E-state index contributed by atoms with van der Waals surface area (Å²) < 4.78 is 3.04. The third-order valence-electron chi connectivity index (χ3n) is 3.81. The van der Waals surface area contributed by atoms with Crippen LogP contribution < -0.4 is 0 Å². The summed E-state index contributed by atoms with van der Waals surface area (Å²) >= 11 is 0. The number of nitrogens with one attached hydrogen (secondary N) is 1. The monoisotopic (exact) mass is 313 g/mol. The number of benzene rings is 2. The van der Waals surface area contributed by atoms with E-state index in [2.05, 4.69) is 10.2 Å². The molecule has 0 unspecified atom stereocenters. The summed E-state index contributed by atoms with van der Waals surface area (Å²) in [7, 11) is 0. The van der Waals surface area contributed by atoms with Gasteiger partial charge < -0.3 is 0 Å². The molecule has 0 saturated heterocycles. The van der Waals surface area contributed by atoms with Crippen molar-refractivity contribution in [1.82, 2.24) is 19.6 Å². The average molecular weight is 313 g/mol. The number of hydrogen-bond donors (Lipinski definition) is 1. The van der Waals surface area contributed by atoms with Crippen molar-refractivity contribution in [2.75, 3.05) is 0 Å². The fourth-order valence-corrected chi connectivity index (χ4v) is 2.54. The molecule has 0 aliphatic carbocycles. The normalized spacial score (nSPS) is 10.7. The molecule has 116 valence electrons. The number of hydrogen-bond acceptors (Lipinski definition) is 3. The van der Waals surface area contributed by atoms with Gasteiger partial charge in [0.1, 0.15) is 0 Å². The molecule has 24 heavy (non-hydrogen) atoms. The fraction of sp³-hybridized carbons (Fsp3) is 0. The van der Waals surface area contributed by atoms with Crippen molar-refractivity contribution in [3.8, 4) is 22.3 Å². The molecule has 0 amide bonds. The SMILES string of the molecule is N=C(n1cc(-c2ccccc2)cn1)n1cc(-c2ccccc2)cn1. The minimum Gasteiger partial charge on any atom is -0.265 e. The van der Waals surface area contributed by atoms with Gasteiger partial charge in [0, 0.05) is 23.5 Å². The van der Waals surface area contributed by atoms with E-state index in [9.17, 15) is 0 Å². The smallest absolute Gasteiger partial charge is 0.244 e. The maximum Gasteiger partial charge on any atom is 0.244 e. The van der Waals surface area contributed by atoms with Crippen LogP contribution in [0.2, 0.25) is 0 Å². The number of aromatic nitrogens is 4. The van der Waals surface area contributed by atoms with Gasteiger partial charge >= 0.3 is 0 Å². The molecule has 4 rings (SSSR count). The second-order valence-corrected chi connectivity index (χ2v) is 5.40. The van der Waals surface area contributed by atoms with Gasteiger partial charge in [-0.05, 0) is 11.1 Å². The molecular weight excluding hydrogens is 298 g/mol. The molecule has 0 saturated carbocycles. The van der Waals surface area contributed by atoms with E-state index < -0.39 is 0 Å². The summed E-state index contributed by atoms with van der Waals surface area (Å²) in [5, 5.41) is 16.9. The van der Waals surface area contributed by atoms with Crippen LogP contribution in [-0.4, -0.2) is 25.5 Å². The van der Waals surface area contributed by atoms with Gasteiger partial charge in [-0.15, -0.1) is 0 Å². The number of nitrogens with zero attached hydrogens (tertiary/aromatic N) is 4. The lowest BCUT2D eigenvalue weighted by Crippen LogP contribution is -2.21. The minimum atomic E-state index is 0.180.